The van der Waals surface area contributed by atoms with Crippen LogP contribution in [-0.4, -0.2) is 54.6 Å². The lowest BCUT2D eigenvalue weighted by molar-refractivity contribution is 0.0589. The van der Waals surface area contributed by atoms with Gasteiger partial charge < -0.3 is 28.4 Å². The monoisotopic (exact) mass is 502 g/mol. The number of methoxy groups -OCH3 is 6. The van der Waals surface area contributed by atoms with Crippen LogP contribution in [0.2, 0.25) is 0 Å². The number of benzene rings is 2. The van der Waals surface area contributed by atoms with Gasteiger partial charge in [-0.3, -0.25) is 0 Å². The van der Waals surface area contributed by atoms with Gasteiger partial charge in [0.05, 0.1) is 53.8 Å². The number of ether oxygens (including phenoxy) is 6. The second-order valence-corrected chi connectivity index (χ2v) is 10.3. The van der Waals surface area contributed by atoms with Gasteiger partial charge in [-0.2, -0.15) is 0 Å². The van der Waals surface area contributed by atoms with Gasteiger partial charge in [-0.05, 0) is 23.0 Å². The maximum Gasteiger partial charge on any atom is 0.338 e. The van der Waals surface area contributed by atoms with Crippen molar-refractivity contribution in [3.05, 3.63) is 34.4 Å². The van der Waals surface area contributed by atoms with Crippen molar-refractivity contribution in [2.45, 2.75) is 52.4 Å². The van der Waals surface area contributed by atoms with Crippen molar-refractivity contribution in [1.82, 2.24) is 0 Å². The standard InChI is InChI=1S/C28H38O8/c1-27(2,3)17-13-15(25(29)35-11)19(23(33-9)21(17)31-7)20-16(26(30)36-12)14-18(28(4,5)6)22(32-8)24(20)34-10/h13-14H,1-12H3. The van der Waals surface area contributed by atoms with Crippen LogP contribution in [0.25, 0.3) is 11.1 Å². The first kappa shape index (κ1) is 28.8. The molecule has 8 nitrogen and oxygen atoms in total. The van der Waals surface area contributed by atoms with Crippen molar-refractivity contribution >= 4 is 11.9 Å². The molecule has 0 saturated carbocycles. The first-order valence-corrected chi connectivity index (χ1v) is 11.5. The molecule has 2 aromatic rings. The largest absolute Gasteiger partial charge is 0.493 e. The quantitative estimate of drug-likeness (QED) is 0.455. The summed E-state index contributed by atoms with van der Waals surface area (Å²) in [5.41, 5.74) is 1.51. The third kappa shape index (κ3) is 5.08. The predicted octanol–water partition coefficient (Wildman–Crippen LogP) is 5.56. The smallest absolute Gasteiger partial charge is 0.338 e. The van der Waals surface area contributed by atoms with Crippen LogP contribution in [-0.2, 0) is 20.3 Å². The summed E-state index contributed by atoms with van der Waals surface area (Å²) in [4.78, 5) is 26.4. The second-order valence-electron chi connectivity index (χ2n) is 10.3. The number of hydrogen-bond acceptors (Lipinski definition) is 8. The van der Waals surface area contributed by atoms with Gasteiger partial charge in [-0.25, -0.2) is 9.59 Å². The lowest BCUT2D eigenvalue weighted by Gasteiger charge is -2.29. The van der Waals surface area contributed by atoms with Crippen molar-refractivity contribution in [2.75, 3.05) is 42.7 Å². The molecule has 0 aliphatic heterocycles. The van der Waals surface area contributed by atoms with E-state index >= 15 is 0 Å². The molecule has 0 amide bonds. The zero-order chi connectivity index (χ0) is 27.6. The van der Waals surface area contributed by atoms with Gasteiger partial charge in [0.15, 0.2) is 23.0 Å². The lowest BCUT2D eigenvalue weighted by Crippen LogP contribution is -2.19. The van der Waals surface area contributed by atoms with Crippen LogP contribution in [0.1, 0.15) is 73.4 Å². The van der Waals surface area contributed by atoms with Crippen molar-refractivity contribution in [1.29, 1.82) is 0 Å². The maximum atomic E-state index is 13.2. The number of carbonyl (C=O) groups is 2. The van der Waals surface area contributed by atoms with Crippen molar-refractivity contribution in [2.24, 2.45) is 0 Å². The molecule has 0 unspecified atom stereocenters. The number of rotatable bonds is 7. The Hall–Kier alpha value is -3.42. The van der Waals surface area contributed by atoms with E-state index in [9.17, 15) is 9.59 Å². The first-order valence-electron chi connectivity index (χ1n) is 11.5. The Bertz CT molecular complexity index is 1060. The van der Waals surface area contributed by atoms with Crippen LogP contribution >= 0.6 is 0 Å². The summed E-state index contributed by atoms with van der Waals surface area (Å²) < 4.78 is 33.6. The highest BCUT2D eigenvalue weighted by molar-refractivity contribution is 6.08. The fourth-order valence-corrected chi connectivity index (χ4v) is 4.23. The zero-order valence-corrected chi connectivity index (χ0v) is 23.4. The summed E-state index contributed by atoms with van der Waals surface area (Å²) in [6, 6.07) is 3.40. The molecule has 0 spiro atoms. The van der Waals surface area contributed by atoms with Crippen LogP contribution in [0.5, 0.6) is 23.0 Å². The SMILES string of the molecule is COC(=O)c1cc(C(C)(C)C)c(OC)c(OC)c1-c1c(C(=O)OC)cc(C(C)(C)C)c(OC)c1OC. The summed E-state index contributed by atoms with van der Waals surface area (Å²) in [5.74, 6) is 0.105. The highest BCUT2D eigenvalue weighted by Gasteiger charge is 2.36. The molecule has 0 heterocycles. The Morgan fingerprint density at radius 1 is 0.528 bits per heavy atom. The van der Waals surface area contributed by atoms with Crippen LogP contribution < -0.4 is 18.9 Å². The molecular weight excluding hydrogens is 464 g/mol. The maximum absolute atomic E-state index is 13.2. The number of hydrogen-bond donors (Lipinski definition) is 0. The molecule has 0 radical (unpaired) electrons. The topological polar surface area (TPSA) is 89.5 Å². The van der Waals surface area contributed by atoms with E-state index in [1.807, 2.05) is 41.5 Å². The summed E-state index contributed by atoms with van der Waals surface area (Å²) >= 11 is 0. The van der Waals surface area contributed by atoms with E-state index in [2.05, 4.69) is 0 Å². The van der Waals surface area contributed by atoms with E-state index in [1.54, 1.807) is 12.1 Å². The summed E-state index contributed by atoms with van der Waals surface area (Å²) in [6.45, 7) is 12.0. The molecule has 0 aliphatic rings. The Balaban J connectivity index is 3.35. The minimum absolute atomic E-state index is 0.175. The van der Waals surface area contributed by atoms with Crippen molar-refractivity contribution < 1.29 is 38.0 Å². The van der Waals surface area contributed by atoms with Crippen LogP contribution in [0.4, 0.5) is 0 Å². The minimum atomic E-state index is -0.617. The lowest BCUT2D eigenvalue weighted by atomic mass is 9.80. The van der Waals surface area contributed by atoms with Gasteiger partial charge in [0, 0.05) is 22.3 Å². The molecule has 36 heavy (non-hydrogen) atoms. The fourth-order valence-electron chi connectivity index (χ4n) is 4.23. The van der Waals surface area contributed by atoms with Gasteiger partial charge in [-0.1, -0.05) is 41.5 Å². The minimum Gasteiger partial charge on any atom is -0.493 e. The highest BCUT2D eigenvalue weighted by atomic mass is 16.5. The van der Waals surface area contributed by atoms with Gasteiger partial charge in [-0.15, -0.1) is 0 Å². The molecule has 0 N–H and O–H groups in total. The first-order chi connectivity index (χ1) is 16.7. The van der Waals surface area contributed by atoms with Crippen LogP contribution in [0, 0.1) is 0 Å². The number of esters is 2. The van der Waals surface area contributed by atoms with Crippen molar-refractivity contribution in [3.63, 3.8) is 0 Å². The van der Waals surface area contributed by atoms with Crippen molar-refractivity contribution in [3.8, 4) is 34.1 Å². The van der Waals surface area contributed by atoms with Gasteiger partial charge >= 0.3 is 11.9 Å². The van der Waals surface area contributed by atoms with Crippen LogP contribution in [0.3, 0.4) is 0 Å². The summed E-state index contributed by atoms with van der Waals surface area (Å²) in [5, 5.41) is 0. The third-order valence-corrected chi connectivity index (χ3v) is 5.96. The zero-order valence-electron chi connectivity index (χ0n) is 23.4. The van der Waals surface area contributed by atoms with Crippen LogP contribution in [0.15, 0.2) is 12.1 Å². The molecule has 0 atom stereocenters. The highest BCUT2D eigenvalue weighted by Crippen LogP contribution is 2.54. The molecule has 0 fully saturated rings. The van der Waals surface area contributed by atoms with E-state index < -0.39 is 22.8 Å². The summed E-state index contributed by atoms with van der Waals surface area (Å²) in [6.07, 6.45) is 0. The third-order valence-electron chi connectivity index (χ3n) is 5.96. The fraction of sp³-hybridized carbons (Fsp3) is 0.500. The average molecular weight is 503 g/mol. The van der Waals surface area contributed by atoms with Gasteiger partial charge in [0.25, 0.3) is 0 Å². The predicted molar refractivity (Wildman–Crippen MR) is 138 cm³/mol. The molecular formula is C28H38O8. The van der Waals surface area contributed by atoms with Gasteiger partial charge in [0.2, 0.25) is 0 Å². The average Bonchev–Trinajstić information content (AvgIpc) is 2.83. The molecule has 8 heteroatoms. The molecule has 0 aromatic heterocycles. The molecule has 0 saturated heterocycles. The molecule has 2 rings (SSSR count). The van der Waals surface area contributed by atoms with E-state index in [1.165, 1.54) is 42.7 Å². The molecule has 0 bridgehead atoms. The van der Waals surface area contributed by atoms with E-state index in [4.69, 9.17) is 28.4 Å². The Morgan fingerprint density at radius 3 is 1.00 bits per heavy atom. The Kier molecular flexibility index (Phi) is 8.55. The van der Waals surface area contributed by atoms with E-state index in [-0.39, 0.29) is 33.8 Å². The van der Waals surface area contributed by atoms with E-state index in [0.717, 1.165) is 11.1 Å². The summed E-state index contributed by atoms with van der Waals surface area (Å²) in [7, 11) is 8.58. The molecule has 198 valence electrons. The second kappa shape index (κ2) is 10.7. The van der Waals surface area contributed by atoms with Gasteiger partial charge in [0.1, 0.15) is 0 Å². The molecule has 2 aromatic carbocycles. The van der Waals surface area contributed by atoms with E-state index in [0.29, 0.717) is 11.5 Å². The Morgan fingerprint density at radius 2 is 0.806 bits per heavy atom. The normalized spacial score (nSPS) is 11.6. The molecule has 0 aliphatic carbocycles. The number of carbonyl (C=O) groups excluding carboxylic acids is 2. The Labute approximate surface area is 213 Å².